The van der Waals surface area contributed by atoms with Gasteiger partial charge in [-0.05, 0) is 44.0 Å². The van der Waals surface area contributed by atoms with Crippen molar-refractivity contribution in [3.63, 3.8) is 0 Å². The highest BCUT2D eigenvalue weighted by Gasteiger charge is 2.26. The van der Waals surface area contributed by atoms with Gasteiger partial charge in [-0.25, -0.2) is 4.98 Å². The lowest BCUT2D eigenvalue weighted by Crippen LogP contribution is -2.46. The van der Waals surface area contributed by atoms with Crippen LogP contribution >= 0.6 is 22.9 Å². The van der Waals surface area contributed by atoms with E-state index in [1.807, 2.05) is 18.3 Å². The number of piperidine rings is 1. The molecular weight excluding hydrogens is 364 g/mol. The Bertz CT molecular complexity index is 685. The van der Waals surface area contributed by atoms with E-state index in [9.17, 15) is 0 Å². The lowest BCUT2D eigenvalue weighted by molar-refractivity contribution is 0.110. The van der Waals surface area contributed by atoms with Crippen LogP contribution in [0.3, 0.4) is 0 Å². The molecule has 0 radical (unpaired) electrons. The van der Waals surface area contributed by atoms with Gasteiger partial charge >= 0.3 is 0 Å². The van der Waals surface area contributed by atoms with Gasteiger partial charge in [-0.15, -0.1) is 11.3 Å². The Labute approximate surface area is 165 Å². The average Bonchev–Trinajstić information content (AvgIpc) is 3.09. The molecular formula is C20H27ClN4S. The van der Waals surface area contributed by atoms with Gasteiger partial charge in [0.05, 0.1) is 0 Å². The fraction of sp³-hybridized carbons (Fsp3) is 0.550. The Morgan fingerprint density at radius 2 is 1.88 bits per heavy atom. The molecule has 1 aromatic carbocycles. The van der Waals surface area contributed by atoms with Gasteiger partial charge in [-0.3, -0.25) is 9.80 Å². The molecule has 0 N–H and O–H groups in total. The molecule has 2 fully saturated rings. The molecule has 4 rings (SSSR count). The molecule has 0 unspecified atom stereocenters. The summed E-state index contributed by atoms with van der Waals surface area (Å²) in [5.41, 5.74) is 1.25. The second kappa shape index (κ2) is 8.70. The summed E-state index contributed by atoms with van der Waals surface area (Å²) >= 11 is 8.08. The molecule has 0 atom stereocenters. The van der Waals surface area contributed by atoms with Crippen LogP contribution in [0.1, 0.15) is 24.8 Å². The smallest absolute Gasteiger partial charge is 0.185 e. The van der Waals surface area contributed by atoms with E-state index < -0.39 is 0 Å². The van der Waals surface area contributed by atoms with Crippen LogP contribution in [-0.2, 0) is 6.54 Å². The average molecular weight is 391 g/mol. The number of nitrogens with zero attached hydrogens (tertiary/aromatic N) is 4. The summed E-state index contributed by atoms with van der Waals surface area (Å²) in [6, 6.07) is 8.96. The third kappa shape index (κ3) is 4.39. The van der Waals surface area contributed by atoms with Gasteiger partial charge in [0.25, 0.3) is 0 Å². The zero-order valence-corrected chi connectivity index (χ0v) is 16.8. The van der Waals surface area contributed by atoms with Crippen molar-refractivity contribution < 1.29 is 0 Å². The largest absolute Gasteiger partial charge is 0.347 e. The van der Waals surface area contributed by atoms with Crippen LogP contribution in [0.15, 0.2) is 35.8 Å². The Balaban J connectivity index is 1.27. The van der Waals surface area contributed by atoms with Gasteiger partial charge in [-0.1, -0.05) is 29.8 Å². The van der Waals surface area contributed by atoms with Crippen molar-refractivity contribution in [3.8, 4) is 0 Å². The topological polar surface area (TPSA) is 22.6 Å². The summed E-state index contributed by atoms with van der Waals surface area (Å²) < 4.78 is 0. The predicted octanol–water partition coefficient (Wildman–Crippen LogP) is 3.97. The number of halogens is 1. The van der Waals surface area contributed by atoms with Gasteiger partial charge in [-0.2, -0.15) is 0 Å². The molecule has 0 saturated carbocycles. The molecule has 6 heteroatoms. The zero-order chi connectivity index (χ0) is 17.8. The zero-order valence-electron chi connectivity index (χ0n) is 15.2. The van der Waals surface area contributed by atoms with Gasteiger partial charge in [0.15, 0.2) is 5.13 Å². The van der Waals surface area contributed by atoms with Crippen LogP contribution in [0.5, 0.6) is 0 Å². The van der Waals surface area contributed by atoms with Crippen LogP contribution < -0.4 is 4.90 Å². The monoisotopic (exact) mass is 390 g/mol. The number of hydrogen-bond acceptors (Lipinski definition) is 5. The van der Waals surface area contributed by atoms with E-state index in [0.29, 0.717) is 0 Å². The molecule has 0 aliphatic carbocycles. The first-order valence-corrected chi connectivity index (χ1v) is 10.9. The standard InChI is InChI=1S/C20H27ClN4S/c21-19-5-2-1-4-17(19)16-23-11-6-18(7-12-23)24-9-3-10-25(14-13-24)20-22-8-15-26-20/h1-2,4-5,8,15,18H,3,6-7,9-14,16H2. The van der Waals surface area contributed by atoms with Crippen molar-refractivity contribution in [3.05, 3.63) is 46.4 Å². The first kappa shape index (κ1) is 18.2. The van der Waals surface area contributed by atoms with E-state index in [1.165, 1.54) is 49.6 Å². The fourth-order valence-corrected chi connectivity index (χ4v) is 5.07. The number of thiazole rings is 1. The van der Waals surface area contributed by atoms with Crippen molar-refractivity contribution >= 4 is 28.1 Å². The first-order chi connectivity index (χ1) is 12.8. The van der Waals surface area contributed by atoms with Crippen LogP contribution in [0, 0.1) is 0 Å². The number of hydrogen-bond donors (Lipinski definition) is 0. The molecule has 26 heavy (non-hydrogen) atoms. The SMILES string of the molecule is Clc1ccccc1CN1CCC(N2CCCN(c3nccs3)CC2)CC1. The van der Waals surface area contributed by atoms with E-state index in [1.54, 1.807) is 11.3 Å². The number of benzene rings is 1. The molecule has 0 spiro atoms. The molecule has 0 bridgehead atoms. The molecule has 4 nitrogen and oxygen atoms in total. The minimum absolute atomic E-state index is 0.730. The second-order valence-electron chi connectivity index (χ2n) is 7.29. The van der Waals surface area contributed by atoms with Crippen molar-refractivity contribution in [1.82, 2.24) is 14.8 Å². The first-order valence-electron chi connectivity index (χ1n) is 9.64. The third-order valence-electron chi connectivity index (χ3n) is 5.65. The molecule has 2 aliphatic heterocycles. The van der Waals surface area contributed by atoms with Gasteiger partial charge in [0, 0.05) is 55.4 Å². The summed E-state index contributed by atoms with van der Waals surface area (Å²) in [4.78, 5) is 12.2. The van der Waals surface area contributed by atoms with E-state index in [2.05, 4.69) is 37.2 Å². The predicted molar refractivity (Wildman–Crippen MR) is 110 cm³/mol. The maximum absolute atomic E-state index is 6.32. The quantitative estimate of drug-likeness (QED) is 0.787. The molecule has 1 aromatic heterocycles. The number of likely N-dealkylation sites (tertiary alicyclic amines) is 1. The van der Waals surface area contributed by atoms with E-state index in [-0.39, 0.29) is 0 Å². The minimum atomic E-state index is 0.730. The van der Waals surface area contributed by atoms with Crippen LogP contribution in [0.2, 0.25) is 5.02 Å². The third-order valence-corrected chi connectivity index (χ3v) is 6.85. The van der Waals surface area contributed by atoms with Crippen LogP contribution in [0.4, 0.5) is 5.13 Å². The normalized spacial score (nSPS) is 21.0. The van der Waals surface area contributed by atoms with Crippen molar-refractivity contribution in [2.24, 2.45) is 0 Å². The second-order valence-corrected chi connectivity index (χ2v) is 8.57. The molecule has 3 heterocycles. The fourth-order valence-electron chi connectivity index (χ4n) is 4.18. The molecule has 0 amide bonds. The Kier molecular flexibility index (Phi) is 6.10. The van der Waals surface area contributed by atoms with Crippen LogP contribution in [0.25, 0.3) is 0 Å². The Hall–Kier alpha value is -1.14. The molecule has 2 aromatic rings. The maximum atomic E-state index is 6.32. The van der Waals surface area contributed by atoms with Crippen molar-refractivity contribution in [2.45, 2.75) is 31.8 Å². The summed E-state index contributed by atoms with van der Waals surface area (Å²) in [5, 5.41) is 4.15. The Morgan fingerprint density at radius 3 is 2.65 bits per heavy atom. The highest BCUT2D eigenvalue weighted by molar-refractivity contribution is 7.13. The lowest BCUT2D eigenvalue weighted by atomic mass is 10.0. The number of aromatic nitrogens is 1. The molecule has 140 valence electrons. The maximum Gasteiger partial charge on any atom is 0.185 e. The molecule has 2 aliphatic rings. The van der Waals surface area contributed by atoms with Gasteiger partial charge in [0.1, 0.15) is 0 Å². The number of rotatable bonds is 4. The van der Waals surface area contributed by atoms with Crippen molar-refractivity contribution in [2.75, 3.05) is 44.2 Å². The minimum Gasteiger partial charge on any atom is -0.347 e. The van der Waals surface area contributed by atoms with E-state index in [4.69, 9.17) is 11.6 Å². The van der Waals surface area contributed by atoms with E-state index >= 15 is 0 Å². The summed E-state index contributed by atoms with van der Waals surface area (Å²) in [6.07, 6.45) is 5.68. The Morgan fingerprint density at radius 1 is 1.04 bits per heavy atom. The number of anilines is 1. The highest BCUT2D eigenvalue weighted by atomic mass is 35.5. The highest BCUT2D eigenvalue weighted by Crippen LogP contribution is 2.24. The van der Waals surface area contributed by atoms with Crippen molar-refractivity contribution in [1.29, 1.82) is 0 Å². The summed E-state index contributed by atoms with van der Waals surface area (Å²) in [7, 11) is 0. The lowest BCUT2D eigenvalue weighted by Gasteiger charge is -2.38. The summed E-state index contributed by atoms with van der Waals surface area (Å²) in [5.74, 6) is 0. The van der Waals surface area contributed by atoms with E-state index in [0.717, 1.165) is 37.2 Å². The molecule has 2 saturated heterocycles. The van der Waals surface area contributed by atoms with Crippen LogP contribution in [-0.4, -0.2) is 60.1 Å². The van der Waals surface area contributed by atoms with Gasteiger partial charge in [0.2, 0.25) is 0 Å². The summed E-state index contributed by atoms with van der Waals surface area (Å²) in [6.45, 7) is 7.93. The van der Waals surface area contributed by atoms with Gasteiger partial charge < -0.3 is 4.90 Å².